The van der Waals surface area contributed by atoms with Crippen molar-refractivity contribution in [3.63, 3.8) is 0 Å². The lowest BCUT2D eigenvalue weighted by Crippen LogP contribution is -2.29. The molecule has 1 aromatic rings. The minimum Gasteiger partial charge on any atom is -0.481 e. The SMILES string of the molecule is C#CCOc1ccccc1CNCC1CCCC(O)C1. The van der Waals surface area contributed by atoms with E-state index in [1.807, 2.05) is 18.2 Å². The Morgan fingerprint density at radius 2 is 2.20 bits per heavy atom. The second-order valence-corrected chi connectivity index (χ2v) is 5.42. The molecule has 3 heteroatoms. The smallest absolute Gasteiger partial charge is 0.148 e. The second-order valence-electron chi connectivity index (χ2n) is 5.42. The monoisotopic (exact) mass is 273 g/mol. The van der Waals surface area contributed by atoms with Gasteiger partial charge >= 0.3 is 0 Å². The fraction of sp³-hybridized carbons (Fsp3) is 0.529. The van der Waals surface area contributed by atoms with E-state index in [1.54, 1.807) is 0 Å². The highest BCUT2D eigenvalue weighted by Crippen LogP contribution is 2.24. The van der Waals surface area contributed by atoms with Crippen molar-refractivity contribution in [3.05, 3.63) is 29.8 Å². The number of para-hydroxylation sites is 1. The van der Waals surface area contributed by atoms with Crippen LogP contribution in [-0.2, 0) is 6.54 Å². The molecule has 20 heavy (non-hydrogen) atoms. The molecule has 2 rings (SSSR count). The molecule has 2 unspecified atom stereocenters. The summed E-state index contributed by atoms with van der Waals surface area (Å²) in [5.74, 6) is 3.92. The topological polar surface area (TPSA) is 41.5 Å². The molecule has 1 fully saturated rings. The molecule has 3 nitrogen and oxygen atoms in total. The zero-order valence-electron chi connectivity index (χ0n) is 11.8. The van der Waals surface area contributed by atoms with Gasteiger partial charge in [-0.05, 0) is 37.8 Å². The number of rotatable bonds is 6. The van der Waals surface area contributed by atoms with E-state index in [4.69, 9.17) is 11.2 Å². The van der Waals surface area contributed by atoms with Crippen molar-refractivity contribution >= 4 is 0 Å². The maximum absolute atomic E-state index is 9.67. The van der Waals surface area contributed by atoms with Gasteiger partial charge in [-0.25, -0.2) is 0 Å². The second kappa shape index (κ2) is 7.94. The number of aliphatic hydroxyl groups excluding tert-OH is 1. The summed E-state index contributed by atoms with van der Waals surface area (Å²) < 4.78 is 5.53. The Morgan fingerprint density at radius 3 is 3.00 bits per heavy atom. The Morgan fingerprint density at radius 1 is 1.35 bits per heavy atom. The Bertz CT molecular complexity index is 453. The van der Waals surface area contributed by atoms with Crippen molar-refractivity contribution in [1.29, 1.82) is 0 Å². The molecule has 0 amide bonds. The molecule has 0 saturated heterocycles. The minimum atomic E-state index is -0.109. The normalized spacial score (nSPS) is 22.2. The van der Waals surface area contributed by atoms with Gasteiger partial charge in [0, 0.05) is 12.1 Å². The molecule has 1 saturated carbocycles. The third kappa shape index (κ3) is 4.56. The molecule has 108 valence electrons. The largest absolute Gasteiger partial charge is 0.481 e. The van der Waals surface area contributed by atoms with Gasteiger partial charge in [0.15, 0.2) is 0 Å². The average molecular weight is 273 g/mol. The molecule has 0 aliphatic heterocycles. The Balaban J connectivity index is 1.80. The molecule has 0 aromatic heterocycles. The van der Waals surface area contributed by atoms with E-state index in [2.05, 4.69) is 17.3 Å². The van der Waals surface area contributed by atoms with Crippen LogP contribution in [0.1, 0.15) is 31.2 Å². The molecular formula is C17H23NO2. The summed E-state index contributed by atoms with van der Waals surface area (Å²) in [6.07, 6.45) is 9.33. The van der Waals surface area contributed by atoms with Crippen molar-refractivity contribution in [1.82, 2.24) is 5.32 Å². The molecular weight excluding hydrogens is 250 g/mol. The number of ether oxygens (including phenoxy) is 1. The first-order valence-corrected chi connectivity index (χ1v) is 7.32. The van der Waals surface area contributed by atoms with Gasteiger partial charge in [0.25, 0.3) is 0 Å². The van der Waals surface area contributed by atoms with Gasteiger partial charge < -0.3 is 15.2 Å². The Labute approximate surface area is 121 Å². The van der Waals surface area contributed by atoms with Crippen molar-refractivity contribution in [2.24, 2.45) is 5.92 Å². The lowest BCUT2D eigenvalue weighted by Gasteiger charge is -2.26. The van der Waals surface area contributed by atoms with Crippen LogP contribution in [0.3, 0.4) is 0 Å². The van der Waals surface area contributed by atoms with Crippen LogP contribution in [0.25, 0.3) is 0 Å². The third-order valence-corrected chi connectivity index (χ3v) is 3.79. The number of hydrogen-bond donors (Lipinski definition) is 2. The van der Waals surface area contributed by atoms with Crippen molar-refractivity contribution in [2.75, 3.05) is 13.2 Å². The molecule has 0 bridgehead atoms. The van der Waals surface area contributed by atoms with Gasteiger partial charge in [-0.3, -0.25) is 0 Å². The van der Waals surface area contributed by atoms with E-state index in [-0.39, 0.29) is 6.10 Å². The number of nitrogens with one attached hydrogen (secondary N) is 1. The minimum absolute atomic E-state index is 0.109. The fourth-order valence-corrected chi connectivity index (χ4v) is 2.77. The zero-order chi connectivity index (χ0) is 14.2. The molecule has 0 spiro atoms. The third-order valence-electron chi connectivity index (χ3n) is 3.79. The van der Waals surface area contributed by atoms with Gasteiger partial charge in [-0.15, -0.1) is 6.42 Å². The van der Waals surface area contributed by atoms with E-state index in [0.717, 1.165) is 43.7 Å². The van der Waals surface area contributed by atoms with Crippen LogP contribution in [0.15, 0.2) is 24.3 Å². The average Bonchev–Trinajstić information content (AvgIpc) is 2.46. The van der Waals surface area contributed by atoms with E-state index < -0.39 is 0 Å². The van der Waals surface area contributed by atoms with Crippen molar-refractivity contribution in [3.8, 4) is 18.1 Å². The van der Waals surface area contributed by atoms with E-state index in [0.29, 0.717) is 12.5 Å². The molecule has 0 radical (unpaired) electrons. The van der Waals surface area contributed by atoms with E-state index in [9.17, 15) is 5.11 Å². The van der Waals surface area contributed by atoms with Gasteiger partial charge in [0.05, 0.1) is 6.10 Å². The summed E-state index contributed by atoms with van der Waals surface area (Å²) in [7, 11) is 0. The predicted molar refractivity (Wildman–Crippen MR) is 80.4 cm³/mol. The van der Waals surface area contributed by atoms with Crippen LogP contribution in [0.5, 0.6) is 5.75 Å². The van der Waals surface area contributed by atoms with Crippen LogP contribution in [-0.4, -0.2) is 24.4 Å². The molecule has 0 heterocycles. The standard InChI is InChI=1S/C17H23NO2/c1-2-10-20-17-9-4-3-7-15(17)13-18-12-14-6-5-8-16(19)11-14/h1,3-4,7,9,14,16,18-19H,5-6,8,10-13H2. The summed E-state index contributed by atoms with van der Waals surface area (Å²) in [6.45, 7) is 2.01. The number of aliphatic hydroxyl groups is 1. The predicted octanol–water partition coefficient (Wildman–Crippen LogP) is 2.34. The summed E-state index contributed by atoms with van der Waals surface area (Å²) in [5, 5.41) is 13.1. The number of benzene rings is 1. The van der Waals surface area contributed by atoms with Gasteiger partial charge in [0.1, 0.15) is 12.4 Å². The number of hydrogen-bond acceptors (Lipinski definition) is 3. The van der Waals surface area contributed by atoms with Gasteiger partial charge in [-0.2, -0.15) is 0 Å². The Kier molecular flexibility index (Phi) is 5.91. The van der Waals surface area contributed by atoms with Gasteiger partial charge in [-0.1, -0.05) is 30.5 Å². The van der Waals surface area contributed by atoms with E-state index >= 15 is 0 Å². The maximum Gasteiger partial charge on any atom is 0.148 e. The fourth-order valence-electron chi connectivity index (χ4n) is 2.77. The van der Waals surface area contributed by atoms with E-state index in [1.165, 1.54) is 6.42 Å². The first-order chi connectivity index (χ1) is 9.79. The summed E-state index contributed by atoms with van der Waals surface area (Å²) in [4.78, 5) is 0. The number of terminal acetylenes is 1. The van der Waals surface area contributed by atoms with Crippen molar-refractivity contribution in [2.45, 2.75) is 38.3 Å². The molecule has 2 atom stereocenters. The molecule has 2 N–H and O–H groups in total. The summed E-state index contributed by atoms with van der Waals surface area (Å²) in [5.41, 5.74) is 1.12. The first-order valence-electron chi connectivity index (χ1n) is 7.32. The highest BCUT2D eigenvalue weighted by molar-refractivity contribution is 5.33. The van der Waals surface area contributed by atoms with Crippen LogP contribution < -0.4 is 10.1 Å². The lowest BCUT2D eigenvalue weighted by atomic mass is 9.87. The maximum atomic E-state index is 9.67. The first kappa shape index (κ1) is 14.9. The summed E-state index contributed by atoms with van der Waals surface area (Å²) >= 11 is 0. The highest BCUT2D eigenvalue weighted by atomic mass is 16.5. The van der Waals surface area contributed by atoms with Crippen LogP contribution in [0, 0.1) is 18.3 Å². The van der Waals surface area contributed by atoms with Gasteiger partial charge in [0.2, 0.25) is 0 Å². The van der Waals surface area contributed by atoms with Crippen LogP contribution in [0.4, 0.5) is 0 Å². The summed E-state index contributed by atoms with van der Waals surface area (Å²) in [6, 6.07) is 7.95. The zero-order valence-corrected chi connectivity index (χ0v) is 11.8. The molecule has 1 aromatic carbocycles. The molecule has 1 aliphatic carbocycles. The van der Waals surface area contributed by atoms with Crippen LogP contribution in [0.2, 0.25) is 0 Å². The lowest BCUT2D eigenvalue weighted by molar-refractivity contribution is 0.101. The highest BCUT2D eigenvalue weighted by Gasteiger charge is 2.19. The molecule has 1 aliphatic rings. The quantitative estimate of drug-likeness (QED) is 0.782. The van der Waals surface area contributed by atoms with Crippen molar-refractivity contribution < 1.29 is 9.84 Å². The Hall–Kier alpha value is -1.50. The van der Waals surface area contributed by atoms with Crippen LogP contribution >= 0.6 is 0 Å².